The van der Waals surface area contributed by atoms with Crippen molar-refractivity contribution < 1.29 is 9.59 Å². The van der Waals surface area contributed by atoms with Crippen LogP contribution in [-0.2, 0) is 4.79 Å². The molecule has 1 unspecified atom stereocenters. The quantitative estimate of drug-likeness (QED) is 0.760. The standard InChI is InChI=1S/C22H26N2O2S/c1-16-10-12-18(13-11-16)23-21(25)15-27-20-9-4-3-8-19(20)22(26)24-14-6-5-7-17(24)2/h3-4,8-13,17H,5-7,14-15H2,1-2H3,(H,23,25). The van der Waals surface area contributed by atoms with Crippen molar-refractivity contribution in [3.05, 3.63) is 59.7 Å². The number of benzene rings is 2. The number of anilines is 1. The molecule has 3 rings (SSSR count). The molecule has 0 radical (unpaired) electrons. The summed E-state index contributed by atoms with van der Waals surface area (Å²) in [5.74, 6) is 0.273. The molecule has 1 saturated heterocycles. The summed E-state index contributed by atoms with van der Waals surface area (Å²) in [5.41, 5.74) is 2.64. The largest absolute Gasteiger partial charge is 0.336 e. The first-order chi connectivity index (χ1) is 13.0. The van der Waals surface area contributed by atoms with E-state index in [1.807, 2.05) is 60.4 Å². The summed E-state index contributed by atoms with van der Waals surface area (Å²) in [4.78, 5) is 28.1. The molecular weight excluding hydrogens is 356 g/mol. The zero-order chi connectivity index (χ0) is 19.2. The number of amides is 2. The Morgan fingerprint density at radius 3 is 2.59 bits per heavy atom. The number of nitrogens with one attached hydrogen (secondary N) is 1. The van der Waals surface area contributed by atoms with Gasteiger partial charge in [0.1, 0.15) is 0 Å². The van der Waals surface area contributed by atoms with Crippen LogP contribution in [0.1, 0.15) is 42.1 Å². The van der Waals surface area contributed by atoms with Gasteiger partial charge in [-0.2, -0.15) is 0 Å². The smallest absolute Gasteiger partial charge is 0.255 e. The van der Waals surface area contributed by atoms with E-state index in [9.17, 15) is 9.59 Å². The summed E-state index contributed by atoms with van der Waals surface area (Å²) in [5, 5.41) is 2.90. The normalized spacial score (nSPS) is 16.8. The predicted octanol–water partition coefficient (Wildman–Crippen LogP) is 4.74. The van der Waals surface area contributed by atoms with Crippen molar-refractivity contribution in [2.75, 3.05) is 17.6 Å². The maximum absolute atomic E-state index is 13.0. The van der Waals surface area contributed by atoms with Crippen LogP contribution in [0.3, 0.4) is 0 Å². The molecule has 0 aromatic heterocycles. The monoisotopic (exact) mass is 382 g/mol. The fourth-order valence-corrected chi connectivity index (χ4v) is 4.15. The molecule has 2 aromatic rings. The molecule has 0 aliphatic carbocycles. The highest BCUT2D eigenvalue weighted by molar-refractivity contribution is 8.00. The molecule has 2 amide bonds. The number of aryl methyl sites for hydroxylation is 1. The summed E-state index contributed by atoms with van der Waals surface area (Å²) in [6.45, 7) is 4.94. The molecule has 142 valence electrons. The molecule has 4 nitrogen and oxygen atoms in total. The van der Waals surface area contributed by atoms with Crippen LogP contribution in [0.2, 0.25) is 0 Å². The first-order valence-electron chi connectivity index (χ1n) is 9.44. The molecule has 1 aliphatic heterocycles. The summed E-state index contributed by atoms with van der Waals surface area (Å²) < 4.78 is 0. The van der Waals surface area contributed by atoms with Gasteiger partial charge in [-0.05, 0) is 57.4 Å². The van der Waals surface area contributed by atoms with Crippen LogP contribution < -0.4 is 5.32 Å². The molecule has 1 aliphatic rings. The first-order valence-corrected chi connectivity index (χ1v) is 10.4. The van der Waals surface area contributed by atoms with Crippen LogP contribution in [0.15, 0.2) is 53.4 Å². The molecule has 2 aromatic carbocycles. The number of likely N-dealkylation sites (tertiary alicyclic amines) is 1. The number of nitrogens with zero attached hydrogens (tertiary/aromatic N) is 1. The SMILES string of the molecule is Cc1ccc(NC(=O)CSc2ccccc2C(=O)N2CCCCC2C)cc1. The molecular formula is C22H26N2O2S. The summed E-state index contributed by atoms with van der Waals surface area (Å²) in [6, 6.07) is 15.6. The molecule has 5 heteroatoms. The lowest BCUT2D eigenvalue weighted by Crippen LogP contribution is -2.42. The zero-order valence-electron chi connectivity index (χ0n) is 15.9. The molecule has 1 fully saturated rings. The fraction of sp³-hybridized carbons (Fsp3) is 0.364. The molecule has 0 spiro atoms. The molecule has 0 saturated carbocycles. The van der Waals surface area contributed by atoms with Crippen LogP contribution >= 0.6 is 11.8 Å². The van der Waals surface area contributed by atoms with Gasteiger partial charge in [0, 0.05) is 23.2 Å². The number of carbonyl (C=O) groups excluding carboxylic acids is 2. The maximum atomic E-state index is 13.0. The van der Waals surface area contributed by atoms with E-state index < -0.39 is 0 Å². The average Bonchev–Trinajstić information content (AvgIpc) is 2.68. The molecule has 27 heavy (non-hydrogen) atoms. The van der Waals surface area contributed by atoms with Crippen molar-refractivity contribution in [2.24, 2.45) is 0 Å². The Bertz CT molecular complexity index is 804. The molecule has 0 bridgehead atoms. The lowest BCUT2D eigenvalue weighted by Gasteiger charge is -2.33. The van der Waals surface area contributed by atoms with Crippen LogP contribution in [0.5, 0.6) is 0 Å². The summed E-state index contributed by atoms with van der Waals surface area (Å²) in [7, 11) is 0. The van der Waals surface area contributed by atoms with Gasteiger partial charge >= 0.3 is 0 Å². The zero-order valence-corrected chi connectivity index (χ0v) is 16.7. The van der Waals surface area contributed by atoms with Gasteiger partial charge in [0.05, 0.1) is 11.3 Å². The van der Waals surface area contributed by atoms with E-state index in [0.717, 1.165) is 35.5 Å². The lowest BCUT2D eigenvalue weighted by molar-refractivity contribution is -0.113. The van der Waals surface area contributed by atoms with E-state index in [0.29, 0.717) is 5.56 Å². The third-order valence-electron chi connectivity index (χ3n) is 4.88. The van der Waals surface area contributed by atoms with Crippen LogP contribution in [-0.4, -0.2) is 35.1 Å². The van der Waals surface area contributed by atoms with E-state index in [-0.39, 0.29) is 23.6 Å². The topological polar surface area (TPSA) is 49.4 Å². The number of carbonyl (C=O) groups is 2. The summed E-state index contributed by atoms with van der Waals surface area (Å²) in [6.07, 6.45) is 3.30. The van der Waals surface area contributed by atoms with E-state index in [2.05, 4.69) is 12.2 Å². The second-order valence-electron chi connectivity index (χ2n) is 7.04. The molecule has 1 atom stereocenters. The lowest BCUT2D eigenvalue weighted by atomic mass is 10.0. The Labute approximate surface area is 165 Å². The van der Waals surface area contributed by atoms with Crippen molar-refractivity contribution in [1.82, 2.24) is 4.90 Å². The Morgan fingerprint density at radius 1 is 1.11 bits per heavy atom. The van der Waals surface area contributed by atoms with Crippen molar-refractivity contribution in [2.45, 2.75) is 44.0 Å². The predicted molar refractivity (Wildman–Crippen MR) is 111 cm³/mol. The Morgan fingerprint density at radius 2 is 1.85 bits per heavy atom. The van der Waals surface area contributed by atoms with Crippen LogP contribution in [0.4, 0.5) is 5.69 Å². The van der Waals surface area contributed by atoms with Crippen LogP contribution in [0, 0.1) is 6.92 Å². The van der Waals surface area contributed by atoms with E-state index in [1.165, 1.54) is 18.2 Å². The van der Waals surface area contributed by atoms with Crippen molar-refractivity contribution >= 4 is 29.3 Å². The highest BCUT2D eigenvalue weighted by atomic mass is 32.2. The number of piperidine rings is 1. The fourth-order valence-electron chi connectivity index (χ4n) is 3.30. The average molecular weight is 383 g/mol. The van der Waals surface area contributed by atoms with Gasteiger partial charge in [-0.1, -0.05) is 29.8 Å². The van der Waals surface area contributed by atoms with Gasteiger partial charge in [-0.15, -0.1) is 11.8 Å². The Balaban J connectivity index is 1.64. The number of hydrogen-bond donors (Lipinski definition) is 1. The van der Waals surface area contributed by atoms with Crippen molar-refractivity contribution in [3.8, 4) is 0 Å². The van der Waals surface area contributed by atoms with Gasteiger partial charge in [-0.25, -0.2) is 0 Å². The van der Waals surface area contributed by atoms with Gasteiger partial charge in [0.15, 0.2) is 0 Å². The minimum atomic E-state index is -0.0718. The molecule has 1 N–H and O–H groups in total. The van der Waals surface area contributed by atoms with Gasteiger partial charge in [0.25, 0.3) is 5.91 Å². The van der Waals surface area contributed by atoms with Crippen molar-refractivity contribution in [3.63, 3.8) is 0 Å². The van der Waals surface area contributed by atoms with Crippen molar-refractivity contribution in [1.29, 1.82) is 0 Å². The maximum Gasteiger partial charge on any atom is 0.255 e. The minimum absolute atomic E-state index is 0.0718. The Hall–Kier alpha value is -2.27. The third-order valence-corrected chi connectivity index (χ3v) is 5.95. The van der Waals surface area contributed by atoms with E-state index in [4.69, 9.17) is 0 Å². The van der Waals surface area contributed by atoms with Gasteiger partial charge in [-0.3, -0.25) is 9.59 Å². The number of thioether (sulfide) groups is 1. The molecule has 1 heterocycles. The van der Waals surface area contributed by atoms with Gasteiger partial charge < -0.3 is 10.2 Å². The highest BCUT2D eigenvalue weighted by Crippen LogP contribution is 2.27. The minimum Gasteiger partial charge on any atom is -0.336 e. The summed E-state index contributed by atoms with van der Waals surface area (Å²) >= 11 is 1.41. The highest BCUT2D eigenvalue weighted by Gasteiger charge is 2.25. The number of rotatable bonds is 5. The second kappa shape index (κ2) is 9.09. The number of hydrogen-bond acceptors (Lipinski definition) is 3. The van der Waals surface area contributed by atoms with Crippen LogP contribution in [0.25, 0.3) is 0 Å². The second-order valence-corrected chi connectivity index (χ2v) is 8.06. The van der Waals surface area contributed by atoms with E-state index in [1.54, 1.807) is 0 Å². The Kier molecular flexibility index (Phi) is 6.56. The van der Waals surface area contributed by atoms with E-state index >= 15 is 0 Å². The third kappa shape index (κ3) is 5.13. The van der Waals surface area contributed by atoms with Gasteiger partial charge in [0.2, 0.25) is 5.91 Å². The first kappa shape index (κ1) is 19.5.